The van der Waals surface area contributed by atoms with Crippen LogP contribution < -0.4 is 5.32 Å². The van der Waals surface area contributed by atoms with Crippen LogP contribution in [0.3, 0.4) is 0 Å². The van der Waals surface area contributed by atoms with Gasteiger partial charge < -0.3 is 10.4 Å². The molecule has 0 saturated carbocycles. The first-order valence-corrected chi connectivity index (χ1v) is 5.65. The lowest BCUT2D eigenvalue weighted by atomic mass is 10.2. The van der Waals surface area contributed by atoms with Gasteiger partial charge in [0.25, 0.3) is 0 Å². The normalized spacial score (nSPS) is 21.8. The monoisotopic (exact) mass is 241 g/mol. The molecule has 16 heavy (non-hydrogen) atoms. The first-order valence-electron chi connectivity index (χ1n) is 4.77. The Kier molecular flexibility index (Phi) is 3.16. The van der Waals surface area contributed by atoms with E-state index < -0.39 is 12.0 Å². The van der Waals surface area contributed by atoms with Crippen molar-refractivity contribution in [2.75, 3.05) is 13.1 Å². The van der Waals surface area contributed by atoms with Crippen molar-refractivity contribution < 1.29 is 14.7 Å². The van der Waals surface area contributed by atoms with Gasteiger partial charge in [-0.15, -0.1) is 11.3 Å². The van der Waals surface area contributed by atoms with Crippen LogP contribution in [0.25, 0.3) is 0 Å². The molecule has 6 nitrogen and oxygen atoms in total. The third-order valence-corrected chi connectivity index (χ3v) is 3.17. The topological polar surface area (TPSA) is 82.5 Å². The van der Waals surface area contributed by atoms with Gasteiger partial charge in [0.15, 0.2) is 0 Å². The summed E-state index contributed by atoms with van der Waals surface area (Å²) in [6, 6.07) is -0.653. The number of thiazole rings is 1. The Bertz CT molecular complexity index is 393. The summed E-state index contributed by atoms with van der Waals surface area (Å²) < 4.78 is 0. The van der Waals surface area contributed by atoms with Gasteiger partial charge in [-0.25, -0.2) is 0 Å². The van der Waals surface area contributed by atoms with E-state index in [1.165, 1.54) is 11.3 Å². The number of nitrogens with zero attached hydrogens (tertiary/aromatic N) is 2. The number of nitrogens with one attached hydrogen (secondary N) is 1. The molecular formula is C9H11N3O3S. The summed E-state index contributed by atoms with van der Waals surface area (Å²) in [6.07, 6.45) is 1.69. The number of piperazine rings is 1. The molecule has 2 N–H and O–H groups in total. The minimum atomic E-state index is -0.912. The smallest absolute Gasteiger partial charge is 0.322 e. The number of carbonyl (C=O) groups excluding carboxylic acids is 1. The highest BCUT2D eigenvalue weighted by Gasteiger charge is 2.31. The highest BCUT2D eigenvalue weighted by Crippen LogP contribution is 2.13. The fourth-order valence-electron chi connectivity index (χ4n) is 1.62. The second-order valence-corrected chi connectivity index (χ2v) is 4.50. The van der Waals surface area contributed by atoms with Gasteiger partial charge in [-0.1, -0.05) is 0 Å². The number of carboxylic acid groups (broad SMARTS) is 1. The van der Waals surface area contributed by atoms with Crippen molar-refractivity contribution in [3.05, 3.63) is 16.6 Å². The molecule has 1 fully saturated rings. The van der Waals surface area contributed by atoms with Gasteiger partial charge in [0.2, 0.25) is 5.91 Å². The fourth-order valence-corrected chi connectivity index (χ4v) is 2.24. The maximum Gasteiger partial charge on any atom is 0.322 e. The van der Waals surface area contributed by atoms with Crippen molar-refractivity contribution in [1.29, 1.82) is 0 Å². The number of carboxylic acids is 1. The van der Waals surface area contributed by atoms with Crippen molar-refractivity contribution in [3.8, 4) is 0 Å². The molecule has 2 rings (SSSR count). The standard InChI is InChI=1S/C9H11N3O3S/c13-8-4-12(3-6-1-10-5-16-6)7(2-11-8)9(14)15/h1,5,7H,2-4H2,(H,11,13)(H,14,15). The van der Waals surface area contributed by atoms with E-state index in [2.05, 4.69) is 10.3 Å². The average Bonchev–Trinajstić information content (AvgIpc) is 2.70. The number of rotatable bonds is 3. The van der Waals surface area contributed by atoms with Crippen molar-refractivity contribution in [2.24, 2.45) is 0 Å². The van der Waals surface area contributed by atoms with Gasteiger partial charge in [0.1, 0.15) is 6.04 Å². The van der Waals surface area contributed by atoms with E-state index in [0.29, 0.717) is 6.54 Å². The van der Waals surface area contributed by atoms with Crippen molar-refractivity contribution in [1.82, 2.24) is 15.2 Å². The third-order valence-electron chi connectivity index (χ3n) is 2.41. The summed E-state index contributed by atoms with van der Waals surface area (Å²) in [4.78, 5) is 28.7. The van der Waals surface area contributed by atoms with Crippen molar-refractivity contribution in [2.45, 2.75) is 12.6 Å². The summed E-state index contributed by atoms with van der Waals surface area (Å²) in [5.74, 6) is -1.05. The Morgan fingerprint density at radius 3 is 3.19 bits per heavy atom. The van der Waals surface area contributed by atoms with E-state index in [1.807, 2.05) is 0 Å². The molecule has 1 unspecified atom stereocenters. The van der Waals surface area contributed by atoms with Gasteiger partial charge >= 0.3 is 5.97 Å². The van der Waals surface area contributed by atoms with Crippen LogP contribution in [0.2, 0.25) is 0 Å². The molecule has 7 heteroatoms. The summed E-state index contributed by atoms with van der Waals surface area (Å²) in [6.45, 7) is 0.733. The molecule has 1 aromatic rings. The fraction of sp³-hybridized carbons (Fsp3) is 0.444. The molecule has 0 radical (unpaired) electrons. The molecule has 0 bridgehead atoms. The Morgan fingerprint density at radius 2 is 2.56 bits per heavy atom. The number of aliphatic carboxylic acids is 1. The predicted octanol–water partition coefficient (Wildman–Crippen LogP) is -0.472. The first-order chi connectivity index (χ1) is 7.66. The summed E-state index contributed by atoms with van der Waals surface area (Å²) in [5, 5.41) is 11.6. The predicted molar refractivity (Wildman–Crippen MR) is 57.0 cm³/mol. The second-order valence-electron chi connectivity index (χ2n) is 3.53. The molecule has 2 heterocycles. The van der Waals surface area contributed by atoms with Gasteiger partial charge in [-0.2, -0.15) is 0 Å². The Morgan fingerprint density at radius 1 is 1.75 bits per heavy atom. The molecule has 1 aromatic heterocycles. The Labute approximate surface area is 95.9 Å². The highest BCUT2D eigenvalue weighted by atomic mass is 32.1. The number of amides is 1. The molecule has 1 aliphatic heterocycles. The number of carbonyl (C=O) groups is 2. The SMILES string of the molecule is O=C1CN(Cc2cncs2)C(C(=O)O)CN1. The largest absolute Gasteiger partial charge is 0.480 e. The van der Waals surface area contributed by atoms with E-state index in [0.717, 1.165) is 4.88 Å². The molecule has 0 aromatic carbocycles. The van der Waals surface area contributed by atoms with Gasteiger partial charge in [-0.3, -0.25) is 19.5 Å². The van der Waals surface area contributed by atoms with Crippen LogP contribution in [0.1, 0.15) is 4.88 Å². The first kappa shape index (κ1) is 11.0. The molecule has 0 aliphatic carbocycles. The lowest BCUT2D eigenvalue weighted by molar-refractivity contribution is -0.146. The van der Waals surface area contributed by atoms with Gasteiger partial charge in [0.05, 0.1) is 12.1 Å². The van der Waals surface area contributed by atoms with E-state index in [1.54, 1.807) is 16.6 Å². The second kappa shape index (κ2) is 4.58. The number of aromatic nitrogens is 1. The van der Waals surface area contributed by atoms with Crippen molar-refractivity contribution >= 4 is 23.2 Å². The Balaban J connectivity index is 2.08. The molecule has 0 spiro atoms. The lowest BCUT2D eigenvalue weighted by Crippen LogP contribution is -2.56. The van der Waals surface area contributed by atoms with E-state index in [4.69, 9.17) is 5.11 Å². The number of hydrogen-bond acceptors (Lipinski definition) is 5. The zero-order valence-corrected chi connectivity index (χ0v) is 9.24. The van der Waals surface area contributed by atoms with Gasteiger partial charge in [0, 0.05) is 24.2 Å². The summed E-state index contributed by atoms with van der Waals surface area (Å²) in [7, 11) is 0. The van der Waals surface area contributed by atoms with Crippen LogP contribution >= 0.6 is 11.3 Å². The maximum absolute atomic E-state index is 11.2. The molecule has 1 amide bonds. The third kappa shape index (κ3) is 2.37. The van der Waals surface area contributed by atoms with Crippen LogP contribution in [0, 0.1) is 0 Å². The summed E-state index contributed by atoms with van der Waals surface area (Å²) >= 11 is 1.45. The van der Waals surface area contributed by atoms with Crippen LogP contribution in [0.5, 0.6) is 0 Å². The molecule has 1 saturated heterocycles. The van der Waals surface area contributed by atoms with Crippen molar-refractivity contribution in [3.63, 3.8) is 0 Å². The molecular weight excluding hydrogens is 230 g/mol. The van der Waals surface area contributed by atoms with Crippen LogP contribution in [-0.4, -0.2) is 46.0 Å². The Hall–Kier alpha value is -1.47. The maximum atomic E-state index is 11.2. The zero-order valence-electron chi connectivity index (χ0n) is 8.42. The van der Waals surface area contributed by atoms with Crippen LogP contribution in [0.4, 0.5) is 0 Å². The lowest BCUT2D eigenvalue weighted by Gasteiger charge is -2.32. The van der Waals surface area contributed by atoms with E-state index >= 15 is 0 Å². The average molecular weight is 241 g/mol. The minimum absolute atomic E-state index is 0.120. The van der Waals surface area contributed by atoms with Gasteiger partial charge in [-0.05, 0) is 0 Å². The van der Waals surface area contributed by atoms with Crippen LogP contribution in [0.15, 0.2) is 11.7 Å². The number of hydrogen-bond donors (Lipinski definition) is 2. The van der Waals surface area contributed by atoms with Crippen LogP contribution in [-0.2, 0) is 16.1 Å². The minimum Gasteiger partial charge on any atom is -0.480 e. The quantitative estimate of drug-likeness (QED) is 0.747. The van der Waals surface area contributed by atoms with E-state index in [9.17, 15) is 9.59 Å². The zero-order chi connectivity index (χ0) is 11.5. The van der Waals surface area contributed by atoms with E-state index in [-0.39, 0.29) is 19.0 Å². The summed E-state index contributed by atoms with van der Waals surface area (Å²) in [5.41, 5.74) is 1.69. The highest BCUT2D eigenvalue weighted by molar-refractivity contribution is 7.09. The molecule has 1 atom stereocenters. The molecule has 86 valence electrons. The molecule has 1 aliphatic rings.